The fourth-order valence-corrected chi connectivity index (χ4v) is 15.3. The highest BCUT2D eigenvalue weighted by Gasteiger charge is 2.67. The third-order valence-corrected chi connectivity index (χ3v) is 17.4. The van der Waals surface area contributed by atoms with Crippen molar-refractivity contribution < 1.29 is 15.3 Å². The van der Waals surface area contributed by atoms with E-state index in [0.29, 0.717) is 53.4 Å². The van der Waals surface area contributed by atoms with Gasteiger partial charge in [-0.3, -0.25) is 4.90 Å². The summed E-state index contributed by atoms with van der Waals surface area (Å²) in [6.07, 6.45) is 14.0. The molecule has 5 saturated carbocycles. The summed E-state index contributed by atoms with van der Waals surface area (Å²) < 4.78 is 0. The van der Waals surface area contributed by atoms with Gasteiger partial charge in [0.25, 0.3) is 0 Å². The Hall–Kier alpha value is -1.72. The van der Waals surface area contributed by atoms with Crippen LogP contribution in [-0.4, -0.2) is 57.2 Å². The van der Waals surface area contributed by atoms with Crippen LogP contribution in [-0.2, 0) is 6.42 Å². The molecule has 0 aromatic heterocycles. The van der Waals surface area contributed by atoms with Crippen LogP contribution >= 0.6 is 0 Å². The largest absolute Gasteiger partial charge is 0.393 e. The number of benzene rings is 2. The number of aliphatic hydroxyl groups is 3. The van der Waals surface area contributed by atoms with Gasteiger partial charge in [-0.05, 0) is 172 Å². The fourth-order valence-electron chi connectivity index (χ4n) is 15.3. The van der Waals surface area contributed by atoms with Gasteiger partial charge >= 0.3 is 0 Å². The molecular weight excluding hydrogens is 615 g/mol. The molecule has 50 heavy (non-hydrogen) atoms. The van der Waals surface area contributed by atoms with Crippen molar-refractivity contribution in [1.29, 1.82) is 0 Å². The van der Waals surface area contributed by atoms with Gasteiger partial charge in [-0.1, -0.05) is 74.5 Å². The molecule has 0 radical (unpaired) electrons. The van der Waals surface area contributed by atoms with Gasteiger partial charge in [-0.25, -0.2) is 0 Å². The average Bonchev–Trinajstić information content (AvgIpc) is 3.69. The van der Waals surface area contributed by atoms with Crippen molar-refractivity contribution in [2.45, 2.75) is 134 Å². The molecule has 0 amide bonds. The molecule has 4 heteroatoms. The van der Waals surface area contributed by atoms with Crippen molar-refractivity contribution in [2.75, 3.05) is 13.1 Å². The van der Waals surface area contributed by atoms with Crippen LogP contribution in [0, 0.1) is 64.1 Å². The highest BCUT2D eigenvalue weighted by molar-refractivity contribution is 5.25. The Bertz CT molecular complexity index is 1500. The van der Waals surface area contributed by atoms with Gasteiger partial charge in [0, 0.05) is 19.1 Å². The summed E-state index contributed by atoms with van der Waals surface area (Å²) >= 11 is 0. The molecule has 4 nitrogen and oxygen atoms in total. The third-order valence-electron chi connectivity index (χ3n) is 17.4. The van der Waals surface area contributed by atoms with Crippen LogP contribution in [0.2, 0.25) is 0 Å². The zero-order valence-electron chi connectivity index (χ0n) is 31.2. The van der Waals surface area contributed by atoms with Gasteiger partial charge in [0.15, 0.2) is 0 Å². The van der Waals surface area contributed by atoms with Crippen molar-refractivity contribution in [3.05, 3.63) is 71.8 Å². The molecule has 7 aliphatic rings. The average molecular weight is 680 g/mol. The van der Waals surface area contributed by atoms with E-state index in [-0.39, 0.29) is 29.0 Å². The third kappa shape index (κ3) is 5.51. The second kappa shape index (κ2) is 12.7. The van der Waals surface area contributed by atoms with Crippen molar-refractivity contribution in [2.24, 2.45) is 64.1 Å². The first kappa shape index (κ1) is 34.1. The van der Waals surface area contributed by atoms with Gasteiger partial charge < -0.3 is 15.3 Å². The normalized spacial score (nSPS) is 49.0. The molecule has 3 N–H and O–H groups in total. The molecule has 2 aromatic carbocycles. The summed E-state index contributed by atoms with van der Waals surface area (Å²) in [6, 6.07) is 22.5. The minimum Gasteiger partial charge on any atom is -0.393 e. The van der Waals surface area contributed by atoms with Crippen LogP contribution in [0.1, 0.15) is 115 Å². The van der Waals surface area contributed by atoms with Gasteiger partial charge in [0.1, 0.15) is 0 Å². The van der Waals surface area contributed by atoms with Crippen LogP contribution in [0.15, 0.2) is 60.7 Å². The Balaban J connectivity index is 0.959. The van der Waals surface area contributed by atoms with Crippen molar-refractivity contribution >= 4 is 0 Å². The van der Waals surface area contributed by atoms with E-state index in [0.717, 1.165) is 63.8 Å². The first-order valence-electron chi connectivity index (χ1n) is 21.0. The topological polar surface area (TPSA) is 63.9 Å². The molecule has 2 saturated heterocycles. The number of fused-ring (bicyclic) bond motifs is 8. The molecule has 0 unspecified atom stereocenters. The second-order valence-electron chi connectivity index (χ2n) is 19.9. The molecule has 272 valence electrons. The Morgan fingerprint density at radius 1 is 0.760 bits per heavy atom. The minimum absolute atomic E-state index is 0.0204. The van der Waals surface area contributed by atoms with Gasteiger partial charge in [0.05, 0.1) is 17.8 Å². The fraction of sp³-hybridized carbons (Fsp3) is 0.739. The number of rotatable bonds is 5. The predicted octanol–water partition coefficient (Wildman–Crippen LogP) is 8.49. The van der Waals surface area contributed by atoms with Gasteiger partial charge in [-0.15, -0.1) is 0 Å². The maximum Gasteiger partial charge on any atom is 0.0805 e. The predicted molar refractivity (Wildman–Crippen MR) is 200 cm³/mol. The molecule has 1 spiro atoms. The first-order valence-corrected chi connectivity index (χ1v) is 21.0. The second-order valence-corrected chi connectivity index (χ2v) is 19.9. The summed E-state index contributed by atoms with van der Waals surface area (Å²) in [7, 11) is 0. The zero-order chi connectivity index (χ0) is 34.4. The highest BCUT2D eigenvalue weighted by atomic mass is 16.3. The molecule has 2 heterocycles. The van der Waals surface area contributed by atoms with Gasteiger partial charge in [0.2, 0.25) is 0 Å². The van der Waals surface area contributed by atoms with Crippen molar-refractivity contribution in [3.8, 4) is 0 Å². The molecule has 2 aliphatic heterocycles. The number of piperidine rings is 2. The number of nitrogens with zero attached hydrogens (tertiary/aromatic N) is 1. The number of hydrogen-bond donors (Lipinski definition) is 3. The molecule has 2 aromatic rings. The van der Waals surface area contributed by atoms with Crippen molar-refractivity contribution in [3.63, 3.8) is 0 Å². The maximum absolute atomic E-state index is 12.2. The lowest BCUT2D eigenvalue weighted by Gasteiger charge is -2.60. The quantitative estimate of drug-likeness (QED) is 0.297. The first-order chi connectivity index (χ1) is 24.1. The Labute approximate surface area is 302 Å². The lowest BCUT2D eigenvalue weighted by Crippen LogP contribution is -2.67. The summed E-state index contributed by atoms with van der Waals surface area (Å²) in [5.74, 6) is 5.61. The standard InChI is InChI=1S/C46H65NO3/c1-29-14-17-42-45(3,50)38-16-15-34-35(37(38)27-47(42)26-29)22-39-36(34)23-41(48)40-24-43(49)46(28-44(39,40)2)19-18-31(25-46)21-33(32-12-8-5-9-13-32)20-30-10-6-4-7-11-30/h4-13,29,31,33-43,48-50H,14-28H2,1-3H3/t29-,31+,33+,34+,35+,36+,37+,38-,39-,40+,41+,42-,43-,44-,45+,46-/m1/s1. The molecule has 9 rings (SSSR count). The highest BCUT2D eigenvalue weighted by Crippen LogP contribution is 2.71. The van der Waals surface area contributed by atoms with Crippen LogP contribution in [0.4, 0.5) is 0 Å². The van der Waals surface area contributed by atoms with E-state index in [2.05, 4.69) is 86.3 Å². The maximum atomic E-state index is 12.2. The minimum atomic E-state index is -0.594. The summed E-state index contributed by atoms with van der Waals surface area (Å²) in [5.41, 5.74) is 2.33. The summed E-state index contributed by atoms with van der Waals surface area (Å²) in [5, 5.41) is 36.2. The summed E-state index contributed by atoms with van der Waals surface area (Å²) in [4.78, 5) is 2.71. The van der Waals surface area contributed by atoms with E-state index in [1.807, 2.05) is 0 Å². The van der Waals surface area contributed by atoms with Crippen molar-refractivity contribution in [1.82, 2.24) is 4.90 Å². The molecular formula is C46H65NO3. The van der Waals surface area contributed by atoms with E-state index in [1.54, 1.807) is 0 Å². The molecule has 5 aliphatic carbocycles. The number of hydrogen-bond acceptors (Lipinski definition) is 4. The Kier molecular flexibility index (Phi) is 8.66. The van der Waals surface area contributed by atoms with Crippen LogP contribution in [0.5, 0.6) is 0 Å². The van der Waals surface area contributed by atoms with E-state index in [1.165, 1.54) is 49.8 Å². The Morgan fingerprint density at radius 2 is 1.52 bits per heavy atom. The van der Waals surface area contributed by atoms with Crippen LogP contribution < -0.4 is 0 Å². The van der Waals surface area contributed by atoms with E-state index >= 15 is 0 Å². The lowest BCUT2D eigenvalue weighted by molar-refractivity contribution is -0.180. The van der Waals surface area contributed by atoms with Crippen LogP contribution in [0.25, 0.3) is 0 Å². The number of aliphatic hydroxyl groups excluding tert-OH is 2. The van der Waals surface area contributed by atoms with E-state index < -0.39 is 5.60 Å². The van der Waals surface area contributed by atoms with Crippen LogP contribution in [0.3, 0.4) is 0 Å². The monoisotopic (exact) mass is 679 g/mol. The van der Waals surface area contributed by atoms with E-state index in [4.69, 9.17) is 0 Å². The SMILES string of the molecule is C[C@@H]1CC[C@H]2N(C1)C[C@H]1[C@H]3C[C@@H]4[C@@H](C[C@H](O)[C@@H]5C[C@@H](O)[C@@]6(CC[C@@H](C[C@H](Cc7ccccc7)c7ccccc7)C6)C[C@]45C)[C@H]3CC[C@H]1[C@]2(C)O. The van der Waals surface area contributed by atoms with Gasteiger partial charge in [-0.2, -0.15) is 0 Å². The molecule has 16 atom stereocenters. The summed E-state index contributed by atoms with van der Waals surface area (Å²) in [6.45, 7) is 9.50. The van der Waals surface area contributed by atoms with E-state index in [9.17, 15) is 15.3 Å². The molecule has 0 bridgehead atoms. The smallest absolute Gasteiger partial charge is 0.0805 e. The Morgan fingerprint density at radius 3 is 2.30 bits per heavy atom. The molecule has 7 fully saturated rings. The zero-order valence-corrected chi connectivity index (χ0v) is 31.2. The lowest BCUT2D eigenvalue weighted by atomic mass is 9.46.